The third kappa shape index (κ3) is 3.05. The van der Waals surface area contributed by atoms with Gasteiger partial charge in [-0.15, -0.1) is 15.3 Å². The lowest BCUT2D eigenvalue weighted by molar-refractivity contribution is 0.194. The van der Waals surface area contributed by atoms with Crippen LogP contribution in [-0.2, 0) is 19.0 Å². The van der Waals surface area contributed by atoms with E-state index in [0.29, 0.717) is 6.04 Å². The van der Waals surface area contributed by atoms with Gasteiger partial charge in [0.25, 0.3) is 0 Å². The van der Waals surface area contributed by atoms with E-state index in [1.807, 2.05) is 34.6 Å². The third-order valence-electron chi connectivity index (χ3n) is 4.90. The number of hydrogen-bond donors (Lipinski definition) is 0. The van der Waals surface area contributed by atoms with Crippen LogP contribution in [0.3, 0.4) is 0 Å². The predicted molar refractivity (Wildman–Crippen MR) is 100 cm³/mol. The minimum Gasteiger partial charge on any atom is -0.352 e. The van der Waals surface area contributed by atoms with Crippen molar-refractivity contribution < 1.29 is 0 Å². The minimum absolute atomic E-state index is 0.0918. The second-order valence-corrected chi connectivity index (χ2v) is 8.24. The highest BCUT2D eigenvalue weighted by Gasteiger charge is 2.32. The monoisotopic (exact) mass is 354 g/mol. The second kappa shape index (κ2) is 6.05. The van der Waals surface area contributed by atoms with Crippen LogP contribution in [0.1, 0.15) is 32.3 Å². The van der Waals surface area contributed by atoms with Gasteiger partial charge >= 0.3 is 0 Å². The maximum Gasteiger partial charge on any atom is 0.178 e. The molecule has 3 aromatic rings. The molecule has 3 aromatic heterocycles. The van der Waals surface area contributed by atoms with E-state index >= 15 is 0 Å². The summed E-state index contributed by atoms with van der Waals surface area (Å²) < 4.78 is 3.86. The van der Waals surface area contributed by atoms with Gasteiger partial charge in [0.05, 0.1) is 12.0 Å². The van der Waals surface area contributed by atoms with Crippen molar-refractivity contribution in [1.29, 1.82) is 0 Å². The fraction of sp³-hybridized carbons (Fsp3) is 0.556. The van der Waals surface area contributed by atoms with E-state index in [1.54, 1.807) is 0 Å². The summed E-state index contributed by atoms with van der Waals surface area (Å²) in [5, 5.41) is 13.3. The van der Waals surface area contributed by atoms with Gasteiger partial charge in [0.2, 0.25) is 0 Å². The molecule has 0 unspecified atom stereocenters. The number of imidazole rings is 1. The number of anilines is 1. The molecule has 1 fully saturated rings. The average Bonchev–Trinajstić information content (AvgIpc) is 3.11. The zero-order valence-corrected chi connectivity index (χ0v) is 16.1. The van der Waals surface area contributed by atoms with Crippen LogP contribution in [0.25, 0.3) is 5.65 Å². The maximum absolute atomic E-state index is 4.79. The molecule has 0 aromatic carbocycles. The van der Waals surface area contributed by atoms with Gasteiger partial charge < -0.3 is 9.47 Å². The highest BCUT2D eigenvalue weighted by atomic mass is 15.4. The van der Waals surface area contributed by atoms with Crippen molar-refractivity contribution in [2.75, 3.05) is 25.0 Å². The summed E-state index contributed by atoms with van der Waals surface area (Å²) in [5.41, 5.74) is 1.81. The molecule has 0 N–H and O–H groups in total. The minimum atomic E-state index is -0.0918. The topological polar surface area (TPSA) is 67.4 Å². The third-order valence-corrected chi connectivity index (χ3v) is 4.90. The molecule has 0 atom stereocenters. The number of rotatable bonds is 4. The van der Waals surface area contributed by atoms with Crippen LogP contribution in [0, 0.1) is 0 Å². The van der Waals surface area contributed by atoms with Crippen molar-refractivity contribution in [2.45, 2.75) is 38.8 Å². The standard InChI is InChI=1S/C18H26N8/c1-18(2,3)17-21-20-15-6-7-16(22-26(15)17)25-10-14(11-25)24(5)9-13-8-23(4)12-19-13/h6-8,12,14H,9-11H2,1-5H3. The number of nitrogens with zero attached hydrogens (tertiary/aromatic N) is 8. The van der Waals surface area contributed by atoms with Gasteiger partial charge in [0.15, 0.2) is 11.5 Å². The molecule has 8 nitrogen and oxygen atoms in total. The fourth-order valence-electron chi connectivity index (χ4n) is 3.27. The first kappa shape index (κ1) is 17.0. The molecule has 1 aliphatic rings. The molecule has 1 saturated heterocycles. The molecular formula is C18H26N8. The number of hydrogen-bond acceptors (Lipinski definition) is 6. The van der Waals surface area contributed by atoms with Gasteiger partial charge in [-0.25, -0.2) is 4.98 Å². The maximum atomic E-state index is 4.79. The van der Waals surface area contributed by atoms with Crippen LogP contribution in [-0.4, -0.2) is 60.4 Å². The Balaban J connectivity index is 1.45. The van der Waals surface area contributed by atoms with Gasteiger partial charge in [-0.05, 0) is 19.2 Å². The summed E-state index contributed by atoms with van der Waals surface area (Å²) in [6.45, 7) is 9.19. The Morgan fingerprint density at radius 3 is 2.62 bits per heavy atom. The van der Waals surface area contributed by atoms with E-state index in [2.05, 4.69) is 59.0 Å². The van der Waals surface area contributed by atoms with Crippen molar-refractivity contribution >= 4 is 11.5 Å². The van der Waals surface area contributed by atoms with Gasteiger partial charge in [-0.3, -0.25) is 4.90 Å². The molecule has 0 radical (unpaired) electrons. The lowest BCUT2D eigenvalue weighted by atomic mass is 9.96. The molecule has 8 heteroatoms. The Kier molecular flexibility index (Phi) is 3.95. The average molecular weight is 354 g/mol. The first-order chi connectivity index (χ1) is 12.3. The van der Waals surface area contributed by atoms with Crippen molar-refractivity contribution in [3.63, 3.8) is 0 Å². The quantitative estimate of drug-likeness (QED) is 0.707. The molecule has 0 saturated carbocycles. The normalized spacial score (nSPS) is 15.8. The summed E-state index contributed by atoms with van der Waals surface area (Å²) in [6.07, 6.45) is 3.92. The lowest BCUT2D eigenvalue weighted by Gasteiger charge is -2.44. The molecule has 1 aliphatic heterocycles. The van der Waals surface area contributed by atoms with E-state index in [-0.39, 0.29) is 5.41 Å². The Hall–Kier alpha value is -2.48. The summed E-state index contributed by atoms with van der Waals surface area (Å²) in [6, 6.07) is 4.54. The van der Waals surface area contributed by atoms with Crippen molar-refractivity contribution in [3.8, 4) is 0 Å². The van der Waals surface area contributed by atoms with Gasteiger partial charge in [0, 0.05) is 44.3 Å². The molecule has 0 aliphatic carbocycles. The predicted octanol–water partition coefficient (Wildman–Crippen LogP) is 1.48. The lowest BCUT2D eigenvalue weighted by Crippen LogP contribution is -2.58. The van der Waals surface area contributed by atoms with E-state index < -0.39 is 0 Å². The molecule has 26 heavy (non-hydrogen) atoms. The summed E-state index contributed by atoms with van der Waals surface area (Å²) in [5.74, 6) is 1.86. The van der Waals surface area contributed by atoms with E-state index in [4.69, 9.17) is 5.10 Å². The van der Waals surface area contributed by atoms with Crippen LogP contribution >= 0.6 is 0 Å². The van der Waals surface area contributed by atoms with E-state index in [0.717, 1.165) is 42.6 Å². The van der Waals surface area contributed by atoms with Crippen LogP contribution in [0.4, 0.5) is 5.82 Å². The highest BCUT2D eigenvalue weighted by Crippen LogP contribution is 2.25. The first-order valence-electron chi connectivity index (χ1n) is 8.96. The number of aryl methyl sites for hydroxylation is 1. The molecule has 0 amide bonds. The van der Waals surface area contributed by atoms with Gasteiger partial charge in [0.1, 0.15) is 5.82 Å². The smallest absolute Gasteiger partial charge is 0.178 e. The number of fused-ring (bicyclic) bond motifs is 1. The Morgan fingerprint density at radius 2 is 1.96 bits per heavy atom. The van der Waals surface area contributed by atoms with Crippen molar-refractivity contribution in [2.24, 2.45) is 7.05 Å². The molecule has 0 spiro atoms. The number of aromatic nitrogens is 6. The van der Waals surface area contributed by atoms with E-state index in [1.165, 1.54) is 0 Å². The van der Waals surface area contributed by atoms with Crippen molar-refractivity contribution in [3.05, 3.63) is 36.2 Å². The van der Waals surface area contributed by atoms with Crippen LogP contribution < -0.4 is 4.90 Å². The van der Waals surface area contributed by atoms with Crippen LogP contribution in [0.5, 0.6) is 0 Å². The van der Waals surface area contributed by atoms with Crippen LogP contribution in [0.2, 0.25) is 0 Å². The molecular weight excluding hydrogens is 328 g/mol. The summed E-state index contributed by atoms with van der Waals surface area (Å²) in [7, 11) is 4.16. The van der Waals surface area contributed by atoms with Gasteiger partial charge in [-0.2, -0.15) is 4.52 Å². The summed E-state index contributed by atoms with van der Waals surface area (Å²) in [4.78, 5) is 9.07. The fourth-order valence-corrected chi connectivity index (χ4v) is 3.27. The summed E-state index contributed by atoms with van der Waals surface area (Å²) >= 11 is 0. The van der Waals surface area contributed by atoms with Crippen LogP contribution in [0.15, 0.2) is 24.7 Å². The molecule has 138 valence electrons. The van der Waals surface area contributed by atoms with Gasteiger partial charge in [-0.1, -0.05) is 20.8 Å². The SMILES string of the molecule is CN(Cc1cn(C)cn1)C1CN(c2ccc3nnc(C(C)(C)C)n3n2)C1. The Morgan fingerprint density at radius 1 is 1.19 bits per heavy atom. The Labute approximate surface area is 153 Å². The zero-order valence-electron chi connectivity index (χ0n) is 16.1. The molecule has 4 rings (SSSR count). The zero-order chi connectivity index (χ0) is 18.5. The highest BCUT2D eigenvalue weighted by molar-refractivity contribution is 5.48. The molecule has 4 heterocycles. The largest absolute Gasteiger partial charge is 0.352 e. The molecule has 0 bridgehead atoms. The van der Waals surface area contributed by atoms with Crippen molar-refractivity contribution in [1.82, 2.24) is 34.3 Å². The first-order valence-corrected chi connectivity index (χ1v) is 8.96. The number of likely N-dealkylation sites (N-methyl/N-ethyl adjacent to an activating group) is 1. The Bertz CT molecular complexity index is 913. The van der Waals surface area contributed by atoms with E-state index in [9.17, 15) is 0 Å². The second-order valence-electron chi connectivity index (χ2n) is 8.24.